The van der Waals surface area contributed by atoms with Crippen molar-refractivity contribution in [1.82, 2.24) is 19.9 Å². The Balaban J connectivity index is 1.68. The zero-order chi connectivity index (χ0) is 16.9. The summed E-state index contributed by atoms with van der Waals surface area (Å²) in [7, 11) is 0. The topological polar surface area (TPSA) is 76.7 Å². The molecule has 1 N–H and O–H groups in total. The monoisotopic (exact) mass is 329 g/mol. The van der Waals surface area contributed by atoms with Crippen LogP contribution in [0.5, 0.6) is 0 Å². The number of pyridine rings is 2. The summed E-state index contributed by atoms with van der Waals surface area (Å²) in [4.78, 5) is 17.4. The molecule has 4 rings (SSSR count). The highest BCUT2D eigenvalue weighted by atomic mass is 16.3. The number of hydrogen-bond donors (Lipinski definition) is 1. The molecule has 4 heterocycles. The van der Waals surface area contributed by atoms with E-state index in [0.29, 0.717) is 18.3 Å². The molecule has 0 amide bonds. The van der Waals surface area contributed by atoms with Gasteiger partial charge in [-0.05, 0) is 42.0 Å². The van der Waals surface area contributed by atoms with Crippen LogP contribution in [0, 0.1) is 0 Å². The zero-order valence-electron chi connectivity index (χ0n) is 13.3. The molecule has 6 heteroatoms. The first-order valence-corrected chi connectivity index (χ1v) is 7.85. The summed E-state index contributed by atoms with van der Waals surface area (Å²) in [5.74, 6) is 1.21. The van der Waals surface area contributed by atoms with Crippen molar-refractivity contribution in [3.8, 4) is 22.6 Å². The van der Waals surface area contributed by atoms with Gasteiger partial charge >= 0.3 is 0 Å². The number of nitrogens with zero attached hydrogens (tertiary/aromatic N) is 4. The molecule has 4 aromatic heterocycles. The van der Waals surface area contributed by atoms with Crippen molar-refractivity contribution in [3.63, 3.8) is 0 Å². The molecule has 6 nitrogen and oxygen atoms in total. The third kappa shape index (κ3) is 3.37. The Hall–Kier alpha value is -3.54. The molecule has 0 aliphatic heterocycles. The molecule has 0 saturated heterocycles. The first-order chi connectivity index (χ1) is 12.4. The fourth-order valence-corrected chi connectivity index (χ4v) is 2.48. The van der Waals surface area contributed by atoms with Crippen molar-refractivity contribution in [2.24, 2.45) is 0 Å². The first kappa shape index (κ1) is 15.0. The molecule has 0 radical (unpaired) electrons. The molecule has 4 aromatic rings. The molecular formula is C19H15N5O. The fourth-order valence-electron chi connectivity index (χ4n) is 2.48. The van der Waals surface area contributed by atoms with Crippen LogP contribution < -0.4 is 5.32 Å². The Kier molecular flexibility index (Phi) is 4.16. The van der Waals surface area contributed by atoms with Gasteiger partial charge in [-0.15, -0.1) is 0 Å². The molecule has 0 bridgehead atoms. The van der Waals surface area contributed by atoms with Gasteiger partial charge in [-0.25, -0.2) is 9.97 Å². The molecule has 0 unspecified atom stereocenters. The quantitative estimate of drug-likeness (QED) is 0.600. The van der Waals surface area contributed by atoms with Gasteiger partial charge in [-0.1, -0.05) is 6.07 Å². The Morgan fingerprint density at radius 1 is 0.920 bits per heavy atom. The number of anilines is 1. The van der Waals surface area contributed by atoms with E-state index in [1.165, 1.54) is 0 Å². The largest absolute Gasteiger partial charge is 0.463 e. The van der Waals surface area contributed by atoms with Gasteiger partial charge in [0, 0.05) is 30.4 Å². The van der Waals surface area contributed by atoms with Crippen molar-refractivity contribution >= 4 is 5.95 Å². The van der Waals surface area contributed by atoms with E-state index >= 15 is 0 Å². The molecule has 25 heavy (non-hydrogen) atoms. The molecule has 0 aromatic carbocycles. The van der Waals surface area contributed by atoms with E-state index < -0.39 is 0 Å². The minimum absolute atomic E-state index is 0.523. The summed E-state index contributed by atoms with van der Waals surface area (Å²) in [6.07, 6.45) is 8.68. The van der Waals surface area contributed by atoms with E-state index in [4.69, 9.17) is 4.42 Å². The average Bonchev–Trinajstić information content (AvgIpc) is 3.22. The van der Waals surface area contributed by atoms with Crippen LogP contribution in [0.3, 0.4) is 0 Å². The van der Waals surface area contributed by atoms with Gasteiger partial charge in [-0.3, -0.25) is 9.97 Å². The summed E-state index contributed by atoms with van der Waals surface area (Å²) < 4.78 is 5.55. The Morgan fingerprint density at radius 2 is 1.84 bits per heavy atom. The van der Waals surface area contributed by atoms with Crippen LogP contribution in [-0.4, -0.2) is 19.9 Å². The lowest BCUT2D eigenvalue weighted by Gasteiger charge is -2.10. The van der Waals surface area contributed by atoms with Crippen molar-refractivity contribution in [3.05, 3.63) is 79.2 Å². The SMILES string of the molecule is c1ccc(CNc2ncc(-c3ccncc3)c(-c3ccco3)n2)nc1. The molecule has 0 saturated carbocycles. The predicted octanol–water partition coefficient (Wildman–Crippen LogP) is 3.81. The van der Waals surface area contributed by atoms with E-state index in [1.54, 1.807) is 31.1 Å². The highest BCUT2D eigenvalue weighted by Crippen LogP contribution is 2.30. The summed E-state index contributed by atoms with van der Waals surface area (Å²) in [6.45, 7) is 0.549. The lowest BCUT2D eigenvalue weighted by atomic mass is 10.1. The second kappa shape index (κ2) is 6.92. The molecule has 0 aliphatic carbocycles. The third-order valence-electron chi connectivity index (χ3n) is 3.69. The van der Waals surface area contributed by atoms with E-state index in [1.807, 2.05) is 42.5 Å². The number of nitrogens with one attached hydrogen (secondary N) is 1. The fraction of sp³-hybridized carbons (Fsp3) is 0.0526. The molecule has 122 valence electrons. The van der Waals surface area contributed by atoms with Crippen molar-refractivity contribution in [2.75, 3.05) is 5.32 Å². The average molecular weight is 329 g/mol. The van der Waals surface area contributed by atoms with Crippen LogP contribution in [0.15, 0.2) is 77.9 Å². The van der Waals surface area contributed by atoms with Crippen LogP contribution in [0.1, 0.15) is 5.69 Å². The summed E-state index contributed by atoms with van der Waals surface area (Å²) in [5.41, 5.74) is 3.52. The second-order valence-corrected chi connectivity index (χ2v) is 5.34. The van der Waals surface area contributed by atoms with Crippen LogP contribution in [0.25, 0.3) is 22.6 Å². The third-order valence-corrected chi connectivity index (χ3v) is 3.69. The van der Waals surface area contributed by atoms with E-state index in [-0.39, 0.29) is 0 Å². The van der Waals surface area contributed by atoms with Crippen LogP contribution in [0.2, 0.25) is 0 Å². The van der Waals surface area contributed by atoms with Gasteiger partial charge in [0.1, 0.15) is 5.69 Å². The van der Waals surface area contributed by atoms with E-state index in [2.05, 4.69) is 25.3 Å². The normalized spacial score (nSPS) is 10.6. The Morgan fingerprint density at radius 3 is 2.60 bits per heavy atom. The number of rotatable bonds is 5. The van der Waals surface area contributed by atoms with E-state index in [0.717, 1.165) is 22.5 Å². The second-order valence-electron chi connectivity index (χ2n) is 5.34. The van der Waals surface area contributed by atoms with Crippen LogP contribution in [0.4, 0.5) is 5.95 Å². The van der Waals surface area contributed by atoms with Gasteiger partial charge in [0.2, 0.25) is 5.95 Å². The maximum atomic E-state index is 5.55. The van der Waals surface area contributed by atoms with Gasteiger partial charge < -0.3 is 9.73 Å². The molecule has 0 aliphatic rings. The number of hydrogen-bond acceptors (Lipinski definition) is 6. The lowest BCUT2D eigenvalue weighted by molar-refractivity contribution is 0.580. The van der Waals surface area contributed by atoms with Crippen molar-refractivity contribution in [2.45, 2.75) is 6.54 Å². The van der Waals surface area contributed by atoms with Gasteiger partial charge in [0.05, 0.1) is 18.5 Å². The minimum Gasteiger partial charge on any atom is -0.463 e. The summed E-state index contributed by atoms with van der Waals surface area (Å²) in [5, 5.41) is 3.20. The van der Waals surface area contributed by atoms with Crippen molar-refractivity contribution < 1.29 is 4.42 Å². The number of furan rings is 1. The Bertz CT molecular complexity index is 940. The molecule has 0 atom stereocenters. The predicted molar refractivity (Wildman–Crippen MR) is 94.5 cm³/mol. The minimum atomic E-state index is 0.523. The maximum absolute atomic E-state index is 5.55. The van der Waals surface area contributed by atoms with Gasteiger partial charge in [0.15, 0.2) is 5.76 Å². The molecular weight excluding hydrogens is 314 g/mol. The zero-order valence-corrected chi connectivity index (χ0v) is 13.3. The number of aromatic nitrogens is 4. The van der Waals surface area contributed by atoms with Gasteiger partial charge in [0.25, 0.3) is 0 Å². The highest BCUT2D eigenvalue weighted by Gasteiger charge is 2.13. The van der Waals surface area contributed by atoms with Crippen LogP contribution >= 0.6 is 0 Å². The lowest BCUT2D eigenvalue weighted by Crippen LogP contribution is -2.06. The standard InChI is InChI=1S/C19H15N5O/c1-2-8-21-15(4-1)12-22-19-23-13-16(14-6-9-20-10-7-14)18(24-19)17-5-3-11-25-17/h1-11,13H,12H2,(H,22,23,24). The van der Waals surface area contributed by atoms with Gasteiger partial charge in [-0.2, -0.15) is 0 Å². The highest BCUT2D eigenvalue weighted by molar-refractivity contribution is 5.78. The first-order valence-electron chi connectivity index (χ1n) is 7.85. The smallest absolute Gasteiger partial charge is 0.223 e. The maximum Gasteiger partial charge on any atom is 0.223 e. The summed E-state index contributed by atoms with van der Waals surface area (Å²) >= 11 is 0. The van der Waals surface area contributed by atoms with E-state index in [9.17, 15) is 0 Å². The Labute approximate surface area is 144 Å². The van der Waals surface area contributed by atoms with Crippen LogP contribution in [-0.2, 0) is 6.54 Å². The summed E-state index contributed by atoms with van der Waals surface area (Å²) in [6, 6.07) is 13.4. The molecule has 0 spiro atoms. The van der Waals surface area contributed by atoms with Crippen molar-refractivity contribution in [1.29, 1.82) is 0 Å². The molecule has 0 fully saturated rings.